The van der Waals surface area contributed by atoms with Gasteiger partial charge in [0.15, 0.2) is 0 Å². The van der Waals surface area contributed by atoms with E-state index in [1.54, 1.807) is 6.07 Å². The summed E-state index contributed by atoms with van der Waals surface area (Å²) < 4.78 is 0. The average molecular weight is 370 g/mol. The van der Waals surface area contributed by atoms with Crippen LogP contribution in [-0.4, -0.2) is 71.8 Å². The van der Waals surface area contributed by atoms with Gasteiger partial charge >= 0.3 is 6.03 Å². The monoisotopic (exact) mass is 370 g/mol. The largest absolute Gasteiger partial charge is 0.335 e. The predicted molar refractivity (Wildman–Crippen MR) is 102 cm³/mol. The summed E-state index contributed by atoms with van der Waals surface area (Å²) in [6.45, 7) is 4.00. The standard InChI is InChI=1S/C20H26N4O3/c25-18-7-5-15-14-16(4-6-17(15)21-18)19(26)22-10-12-24(13-11-22)20(27)23-8-2-1-3-9-23/h4,6,14H,1-3,5,7-13H2,(H,21,25). The fourth-order valence-corrected chi connectivity index (χ4v) is 4.09. The van der Waals surface area contributed by atoms with Crippen LogP contribution in [0.2, 0.25) is 0 Å². The number of likely N-dealkylation sites (tertiary alicyclic amines) is 1. The SMILES string of the molecule is O=C1CCc2cc(C(=O)N3CCN(C(=O)N4CCCCC4)CC3)ccc2N1. The third-order valence-electron chi connectivity index (χ3n) is 5.71. The van der Waals surface area contributed by atoms with Gasteiger partial charge in [-0.1, -0.05) is 0 Å². The van der Waals surface area contributed by atoms with E-state index in [-0.39, 0.29) is 17.8 Å². The van der Waals surface area contributed by atoms with Crippen molar-refractivity contribution in [1.82, 2.24) is 14.7 Å². The van der Waals surface area contributed by atoms with Gasteiger partial charge in [-0.05, 0) is 49.4 Å². The fourth-order valence-electron chi connectivity index (χ4n) is 4.09. The number of nitrogens with one attached hydrogen (secondary N) is 1. The summed E-state index contributed by atoms with van der Waals surface area (Å²) in [5, 5.41) is 2.84. The number of aryl methyl sites for hydroxylation is 1. The summed E-state index contributed by atoms with van der Waals surface area (Å²) in [5.74, 6) is 0.0239. The van der Waals surface area contributed by atoms with E-state index in [2.05, 4.69) is 5.32 Å². The Hall–Kier alpha value is -2.57. The molecule has 2 saturated heterocycles. The minimum atomic E-state index is -0.000212. The molecule has 3 aliphatic rings. The third-order valence-corrected chi connectivity index (χ3v) is 5.71. The molecule has 144 valence electrons. The fraction of sp³-hybridized carbons (Fsp3) is 0.550. The minimum absolute atomic E-state index is 0.000212. The van der Waals surface area contributed by atoms with Crippen LogP contribution in [0.15, 0.2) is 18.2 Å². The number of urea groups is 1. The lowest BCUT2D eigenvalue weighted by atomic mass is 10.00. The molecule has 27 heavy (non-hydrogen) atoms. The van der Waals surface area contributed by atoms with E-state index in [1.165, 1.54) is 6.42 Å². The van der Waals surface area contributed by atoms with Crippen molar-refractivity contribution in [2.45, 2.75) is 32.1 Å². The number of hydrogen-bond acceptors (Lipinski definition) is 3. The highest BCUT2D eigenvalue weighted by Crippen LogP contribution is 2.24. The second kappa shape index (κ2) is 7.58. The van der Waals surface area contributed by atoms with E-state index in [0.29, 0.717) is 44.6 Å². The van der Waals surface area contributed by atoms with E-state index in [9.17, 15) is 14.4 Å². The summed E-state index contributed by atoms with van der Waals surface area (Å²) in [7, 11) is 0. The molecule has 4 rings (SSSR count). The Balaban J connectivity index is 1.36. The molecular formula is C20H26N4O3. The van der Waals surface area contributed by atoms with Crippen LogP contribution in [0, 0.1) is 0 Å². The van der Waals surface area contributed by atoms with Gasteiger partial charge in [-0.2, -0.15) is 0 Å². The number of nitrogens with zero attached hydrogens (tertiary/aromatic N) is 3. The molecule has 1 aromatic carbocycles. The Bertz CT molecular complexity index is 750. The highest BCUT2D eigenvalue weighted by molar-refractivity contribution is 5.98. The van der Waals surface area contributed by atoms with Gasteiger partial charge in [0.2, 0.25) is 5.91 Å². The number of carbonyl (C=O) groups is 3. The highest BCUT2D eigenvalue weighted by atomic mass is 16.2. The van der Waals surface area contributed by atoms with E-state index in [0.717, 1.165) is 37.2 Å². The average Bonchev–Trinajstić information content (AvgIpc) is 2.73. The lowest BCUT2D eigenvalue weighted by Gasteiger charge is -2.38. The molecule has 1 N–H and O–H groups in total. The summed E-state index contributed by atoms with van der Waals surface area (Å²) in [6, 6.07) is 5.60. The number of rotatable bonds is 1. The maximum absolute atomic E-state index is 12.9. The number of hydrogen-bond donors (Lipinski definition) is 1. The Kier molecular flexibility index (Phi) is 5.01. The lowest BCUT2D eigenvalue weighted by Crippen LogP contribution is -2.54. The summed E-state index contributed by atoms with van der Waals surface area (Å²) in [4.78, 5) is 42.6. The zero-order valence-corrected chi connectivity index (χ0v) is 15.6. The van der Waals surface area contributed by atoms with E-state index >= 15 is 0 Å². The van der Waals surface area contributed by atoms with Crippen LogP contribution in [0.25, 0.3) is 0 Å². The first-order valence-electron chi connectivity index (χ1n) is 9.88. The first kappa shape index (κ1) is 17.8. The number of fused-ring (bicyclic) bond motifs is 1. The second-order valence-corrected chi connectivity index (χ2v) is 7.53. The number of anilines is 1. The van der Waals surface area contributed by atoms with Crippen LogP contribution in [0.1, 0.15) is 41.6 Å². The third kappa shape index (κ3) is 3.77. The van der Waals surface area contributed by atoms with Crippen molar-refractivity contribution < 1.29 is 14.4 Å². The number of benzene rings is 1. The number of carbonyl (C=O) groups excluding carboxylic acids is 3. The molecule has 0 unspecified atom stereocenters. The summed E-state index contributed by atoms with van der Waals surface area (Å²) >= 11 is 0. The van der Waals surface area contributed by atoms with Crippen molar-refractivity contribution in [3.05, 3.63) is 29.3 Å². The Morgan fingerprint density at radius 1 is 0.815 bits per heavy atom. The normalized spacial score (nSPS) is 20.1. The van der Waals surface area contributed by atoms with Crippen LogP contribution in [-0.2, 0) is 11.2 Å². The first-order valence-corrected chi connectivity index (χ1v) is 9.88. The van der Waals surface area contributed by atoms with Crippen LogP contribution >= 0.6 is 0 Å². The van der Waals surface area contributed by atoms with E-state index < -0.39 is 0 Å². The van der Waals surface area contributed by atoms with Gasteiger partial charge < -0.3 is 20.0 Å². The van der Waals surface area contributed by atoms with Gasteiger partial charge in [0.1, 0.15) is 0 Å². The van der Waals surface area contributed by atoms with Gasteiger partial charge in [-0.25, -0.2) is 4.79 Å². The van der Waals surface area contributed by atoms with E-state index in [1.807, 2.05) is 26.8 Å². The number of piperidine rings is 1. The summed E-state index contributed by atoms with van der Waals surface area (Å²) in [6.07, 6.45) is 4.50. The maximum atomic E-state index is 12.9. The molecule has 0 aromatic heterocycles. The van der Waals surface area contributed by atoms with Crippen LogP contribution in [0.3, 0.4) is 0 Å². The molecule has 4 amide bonds. The topological polar surface area (TPSA) is 73.0 Å². The smallest absolute Gasteiger partial charge is 0.320 e. The molecule has 1 aromatic rings. The Labute approximate surface area is 159 Å². The lowest BCUT2D eigenvalue weighted by molar-refractivity contribution is -0.116. The Morgan fingerprint density at radius 2 is 1.48 bits per heavy atom. The molecular weight excluding hydrogens is 344 g/mol. The molecule has 0 bridgehead atoms. The molecule has 3 heterocycles. The van der Waals surface area contributed by atoms with Crippen molar-refractivity contribution in [3.63, 3.8) is 0 Å². The molecule has 0 aliphatic carbocycles. The predicted octanol–water partition coefficient (Wildman–Crippen LogP) is 1.93. The molecule has 0 radical (unpaired) electrons. The van der Waals surface area contributed by atoms with Gasteiger partial charge in [0.25, 0.3) is 5.91 Å². The van der Waals surface area contributed by atoms with Crippen molar-refractivity contribution >= 4 is 23.5 Å². The number of amides is 4. The zero-order valence-electron chi connectivity index (χ0n) is 15.6. The molecule has 0 spiro atoms. The minimum Gasteiger partial charge on any atom is -0.335 e. The quantitative estimate of drug-likeness (QED) is 0.821. The molecule has 2 fully saturated rings. The van der Waals surface area contributed by atoms with Gasteiger partial charge in [0, 0.05) is 56.9 Å². The molecule has 7 heteroatoms. The molecule has 0 atom stereocenters. The van der Waals surface area contributed by atoms with Crippen LogP contribution < -0.4 is 5.32 Å². The first-order chi connectivity index (χ1) is 13.1. The van der Waals surface area contributed by atoms with E-state index in [4.69, 9.17) is 0 Å². The van der Waals surface area contributed by atoms with Crippen molar-refractivity contribution in [2.75, 3.05) is 44.6 Å². The van der Waals surface area contributed by atoms with Crippen molar-refractivity contribution in [2.24, 2.45) is 0 Å². The number of piperazine rings is 1. The molecule has 7 nitrogen and oxygen atoms in total. The summed E-state index contributed by atoms with van der Waals surface area (Å²) in [5.41, 5.74) is 2.47. The maximum Gasteiger partial charge on any atom is 0.320 e. The van der Waals surface area contributed by atoms with Crippen molar-refractivity contribution in [1.29, 1.82) is 0 Å². The molecule has 0 saturated carbocycles. The van der Waals surface area contributed by atoms with Gasteiger partial charge in [0.05, 0.1) is 0 Å². The molecule has 3 aliphatic heterocycles. The van der Waals surface area contributed by atoms with Gasteiger partial charge in [-0.15, -0.1) is 0 Å². The van der Waals surface area contributed by atoms with Gasteiger partial charge in [-0.3, -0.25) is 9.59 Å². The van der Waals surface area contributed by atoms with Crippen molar-refractivity contribution in [3.8, 4) is 0 Å². The van der Waals surface area contributed by atoms with Crippen LogP contribution in [0.5, 0.6) is 0 Å². The highest BCUT2D eigenvalue weighted by Gasteiger charge is 2.28. The van der Waals surface area contributed by atoms with Crippen LogP contribution in [0.4, 0.5) is 10.5 Å². The Morgan fingerprint density at radius 3 is 2.22 bits per heavy atom. The second-order valence-electron chi connectivity index (χ2n) is 7.53. The zero-order chi connectivity index (χ0) is 18.8.